The van der Waals surface area contributed by atoms with Crippen LogP contribution in [0, 0.1) is 4.91 Å². The number of carbonyl (C=O) groups excluding carboxylic acids is 2. The molecule has 0 saturated heterocycles. The van der Waals surface area contributed by atoms with Crippen molar-refractivity contribution in [1.29, 1.82) is 0 Å². The van der Waals surface area contributed by atoms with Crippen LogP contribution in [0.25, 0.3) is 0 Å². The number of amides is 2. The van der Waals surface area contributed by atoms with Crippen LogP contribution in [0.4, 0.5) is 4.79 Å². The van der Waals surface area contributed by atoms with Gasteiger partial charge in [0.2, 0.25) is 0 Å². The van der Waals surface area contributed by atoms with Gasteiger partial charge in [0.25, 0.3) is 5.91 Å². The molecule has 90 valence electrons. The molecule has 0 spiro atoms. The Morgan fingerprint density at radius 2 is 2.18 bits per heavy atom. The summed E-state index contributed by atoms with van der Waals surface area (Å²) in [6.45, 7) is 0. The third-order valence-electron chi connectivity index (χ3n) is 1.94. The molecule has 0 heterocycles. The second-order valence-corrected chi connectivity index (χ2v) is 3.61. The molecule has 0 aliphatic carbocycles. The van der Waals surface area contributed by atoms with Crippen LogP contribution in [0.15, 0.2) is 29.4 Å². The monoisotopic (exact) mass is 256 g/mol. The van der Waals surface area contributed by atoms with Crippen molar-refractivity contribution in [2.75, 3.05) is 0 Å². The number of hydrogen-bond acceptors (Lipinski definition) is 4. The largest absolute Gasteiger partial charge is 0.441 e. The molecule has 6 nitrogen and oxygen atoms in total. The van der Waals surface area contributed by atoms with Crippen molar-refractivity contribution in [3.63, 3.8) is 0 Å². The van der Waals surface area contributed by atoms with Gasteiger partial charge in [-0.1, -0.05) is 23.7 Å². The van der Waals surface area contributed by atoms with Gasteiger partial charge < -0.3 is 10.5 Å². The lowest BCUT2D eigenvalue weighted by Gasteiger charge is -2.14. The molecular weight excluding hydrogens is 248 g/mol. The van der Waals surface area contributed by atoms with Crippen LogP contribution in [0.3, 0.4) is 0 Å². The lowest BCUT2D eigenvalue weighted by atomic mass is 10.1. The first-order valence-electron chi connectivity index (χ1n) is 4.60. The molecule has 0 bridgehead atoms. The highest BCUT2D eigenvalue weighted by Gasteiger charge is 2.20. The lowest BCUT2D eigenvalue weighted by molar-refractivity contribution is -0.119. The smallest absolute Gasteiger partial charge is 0.405 e. The minimum Gasteiger partial charge on any atom is -0.441 e. The van der Waals surface area contributed by atoms with E-state index < -0.39 is 18.1 Å². The summed E-state index contributed by atoms with van der Waals surface area (Å²) >= 11 is 5.75. The number of nitrogens with zero attached hydrogens (tertiary/aromatic N) is 1. The van der Waals surface area contributed by atoms with E-state index in [0.29, 0.717) is 10.6 Å². The van der Waals surface area contributed by atoms with Gasteiger partial charge in [0.1, 0.15) is 6.10 Å². The van der Waals surface area contributed by atoms with E-state index in [9.17, 15) is 14.5 Å². The third kappa shape index (κ3) is 4.20. The standard InChI is InChI=1S/C10H9ClN2O4/c11-7-3-1-2-6(4-7)8(17-10(12)15)5-9(14)13-16/h1-4,8H,5H2,(H2,12,15). The fourth-order valence-electron chi connectivity index (χ4n) is 1.27. The molecule has 0 aliphatic rings. The summed E-state index contributed by atoms with van der Waals surface area (Å²) in [5.74, 6) is -0.934. The highest BCUT2D eigenvalue weighted by Crippen LogP contribution is 2.24. The summed E-state index contributed by atoms with van der Waals surface area (Å²) in [4.78, 5) is 31.6. The Balaban J connectivity index is 2.92. The molecule has 1 unspecified atom stereocenters. The zero-order valence-electron chi connectivity index (χ0n) is 8.63. The number of benzene rings is 1. The maximum absolute atomic E-state index is 10.9. The van der Waals surface area contributed by atoms with Crippen molar-refractivity contribution in [3.05, 3.63) is 39.8 Å². The Kier molecular flexibility index (Phi) is 4.59. The summed E-state index contributed by atoms with van der Waals surface area (Å²) < 4.78 is 4.72. The van der Waals surface area contributed by atoms with Gasteiger partial charge in [0, 0.05) is 10.2 Å². The summed E-state index contributed by atoms with van der Waals surface area (Å²) in [6.07, 6.45) is -2.38. The first kappa shape index (κ1) is 13.1. The van der Waals surface area contributed by atoms with E-state index in [-0.39, 0.29) is 6.42 Å². The molecule has 0 aliphatic heterocycles. The zero-order valence-corrected chi connectivity index (χ0v) is 9.39. The van der Waals surface area contributed by atoms with E-state index in [4.69, 9.17) is 22.1 Å². The normalized spacial score (nSPS) is 11.6. The molecule has 2 amide bonds. The molecule has 7 heteroatoms. The van der Waals surface area contributed by atoms with Crippen LogP contribution in [0.5, 0.6) is 0 Å². The van der Waals surface area contributed by atoms with Crippen LogP contribution in [0.2, 0.25) is 5.02 Å². The van der Waals surface area contributed by atoms with Gasteiger partial charge in [-0.15, -0.1) is 4.91 Å². The number of nitroso groups, excluding NO2 is 1. The molecular formula is C10H9ClN2O4. The Bertz CT molecular complexity index is 450. The highest BCUT2D eigenvalue weighted by molar-refractivity contribution is 6.30. The molecule has 17 heavy (non-hydrogen) atoms. The Labute approximate surface area is 102 Å². The minimum absolute atomic E-state index is 0.368. The number of halogens is 1. The van der Waals surface area contributed by atoms with Crippen molar-refractivity contribution < 1.29 is 14.3 Å². The molecule has 1 aromatic rings. The summed E-state index contributed by atoms with van der Waals surface area (Å²) in [5, 5.41) is 2.64. The van der Waals surface area contributed by atoms with E-state index in [2.05, 4.69) is 5.18 Å². The average molecular weight is 257 g/mol. The number of rotatable bonds is 4. The van der Waals surface area contributed by atoms with E-state index >= 15 is 0 Å². The maximum Gasteiger partial charge on any atom is 0.405 e. The van der Waals surface area contributed by atoms with Crippen molar-refractivity contribution >= 4 is 23.6 Å². The van der Waals surface area contributed by atoms with E-state index in [1.807, 2.05) is 0 Å². The number of hydrogen-bond donors (Lipinski definition) is 1. The van der Waals surface area contributed by atoms with Crippen LogP contribution >= 0.6 is 11.6 Å². The van der Waals surface area contributed by atoms with E-state index in [1.165, 1.54) is 6.07 Å². The Morgan fingerprint density at radius 1 is 1.47 bits per heavy atom. The van der Waals surface area contributed by atoms with E-state index in [1.54, 1.807) is 18.2 Å². The predicted molar refractivity (Wildman–Crippen MR) is 60.3 cm³/mol. The van der Waals surface area contributed by atoms with Gasteiger partial charge in [-0.05, 0) is 17.7 Å². The van der Waals surface area contributed by atoms with Crippen LogP contribution < -0.4 is 5.73 Å². The van der Waals surface area contributed by atoms with Gasteiger partial charge in [0.15, 0.2) is 0 Å². The Hall–Kier alpha value is -1.95. The van der Waals surface area contributed by atoms with Crippen LogP contribution in [0.1, 0.15) is 18.1 Å². The van der Waals surface area contributed by atoms with Gasteiger partial charge in [-0.2, -0.15) is 0 Å². The van der Waals surface area contributed by atoms with E-state index in [0.717, 1.165) is 0 Å². The van der Waals surface area contributed by atoms with Gasteiger partial charge >= 0.3 is 6.09 Å². The predicted octanol–water partition coefficient (Wildman–Crippen LogP) is 2.16. The lowest BCUT2D eigenvalue weighted by Crippen LogP contribution is -2.19. The minimum atomic E-state index is -1.05. The molecule has 0 radical (unpaired) electrons. The van der Waals surface area contributed by atoms with Crippen molar-refractivity contribution in [2.45, 2.75) is 12.5 Å². The molecule has 0 aromatic heterocycles. The average Bonchev–Trinajstić information content (AvgIpc) is 2.27. The van der Waals surface area contributed by atoms with Crippen LogP contribution in [-0.2, 0) is 9.53 Å². The molecule has 1 rings (SSSR count). The quantitative estimate of drug-likeness (QED) is 0.834. The van der Waals surface area contributed by atoms with Gasteiger partial charge in [-0.3, -0.25) is 4.79 Å². The number of nitrogens with two attached hydrogens (primary N) is 1. The van der Waals surface area contributed by atoms with Crippen molar-refractivity contribution in [1.82, 2.24) is 0 Å². The summed E-state index contributed by atoms with van der Waals surface area (Å²) in [6, 6.07) is 6.34. The second kappa shape index (κ2) is 5.95. The number of primary amides is 1. The van der Waals surface area contributed by atoms with Gasteiger partial charge in [0.05, 0.1) is 6.42 Å². The Morgan fingerprint density at radius 3 is 2.71 bits per heavy atom. The maximum atomic E-state index is 10.9. The molecule has 0 fully saturated rings. The summed E-state index contributed by atoms with van der Waals surface area (Å²) in [5.41, 5.74) is 5.34. The summed E-state index contributed by atoms with van der Waals surface area (Å²) in [7, 11) is 0. The molecule has 2 N–H and O–H groups in total. The first-order valence-corrected chi connectivity index (χ1v) is 4.98. The number of ether oxygens (including phenoxy) is 1. The first-order chi connectivity index (χ1) is 8.02. The van der Waals surface area contributed by atoms with Crippen molar-refractivity contribution in [3.8, 4) is 0 Å². The SMILES string of the molecule is NC(=O)OC(CC(=O)N=O)c1cccc(Cl)c1. The molecule has 0 saturated carbocycles. The van der Waals surface area contributed by atoms with Crippen LogP contribution in [-0.4, -0.2) is 12.0 Å². The topological polar surface area (TPSA) is 98.8 Å². The van der Waals surface area contributed by atoms with Crippen molar-refractivity contribution in [2.24, 2.45) is 10.9 Å². The second-order valence-electron chi connectivity index (χ2n) is 3.17. The fraction of sp³-hybridized carbons (Fsp3) is 0.200. The fourth-order valence-corrected chi connectivity index (χ4v) is 1.47. The molecule has 1 atom stereocenters. The zero-order chi connectivity index (χ0) is 12.8. The van der Waals surface area contributed by atoms with Gasteiger partial charge in [-0.25, -0.2) is 4.79 Å². The highest BCUT2D eigenvalue weighted by atomic mass is 35.5. The molecule has 1 aromatic carbocycles. The third-order valence-corrected chi connectivity index (χ3v) is 2.18. The number of carbonyl (C=O) groups is 2.